The first-order chi connectivity index (χ1) is 40.8. The number of ether oxygens (including phenoxy) is 6. The van der Waals surface area contributed by atoms with Gasteiger partial charge in [0.2, 0.25) is 5.91 Å². The summed E-state index contributed by atoms with van der Waals surface area (Å²) in [6.07, 6.45) is 36.0. The Labute approximate surface area is 499 Å². The SMILES string of the molecule is CC/C=C\C/C=C\C/C=C\C/C=C\C/C=C\C/C=C\C/C=C\C/C=C\CCCCCCC(=O)NC(COC1OC(CO)C(OC2OC(CO)C(OC3OC(CO)C(O)C(O)C3O)C(O)C2O)C(O)C1O)C(O)/C=C/CC/C=C/CC/C=C/CC. The zero-order chi connectivity index (χ0) is 61.2. The maximum absolute atomic E-state index is 13.3. The molecule has 19 heteroatoms. The fraction of sp³-hybridized carbons (Fsp3) is 0.646. The van der Waals surface area contributed by atoms with E-state index >= 15 is 0 Å². The van der Waals surface area contributed by atoms with Crippen LogP contribution in [-0.4, -0.2) is 193 Å². The lowest BCUT2D eigenvalue weighted by Gasteiger charge is -2.48. The molecule has 3 heterocycles. The number of nitrogens with one attached hydrogen (secondary N) is 1. The molecule has 84 heavy (non-hydrogen) atoms. The fourth-order valence-corrected chi connectivity index (χ4v) is 9.24. The molecular weight excluding hydrogens is 1080 g/mol. The summed E-state index contributed by atoms with van der Waals surface area (Å²) in [6, 6.07) is -1.02. The van der Waals surface area contributed by atoms with E-state index in [-0.39, 0.29) is 12.3 Å². The Balaban J connectivity index is 1.44. The quantitative estimate of drug-likeness (QED) is 0.0251. The van der Waals surface area contributed by atoms with Gasteiger partial charge in [-0.25, -0.2) is 0 Å². The summed E-state index contributed by atoms with van der Waals surface area (Å²) in [5.74, 6) is -0.325. The first-order valence-corrected chi connectivity index (χ1v) is 30.4. The van der Waals surface area contributed by atoms with E-state index < -0.39 is 131 Å². The first-order valence-electron chi connectivity index (χ1n) is 30.4. The number of unbranched alkanes of at least 4 members (excludes halogenated alkanes) is 6. The van der Waals surface area contributed by atoms with E-state index in [1.165, 1.54) is 0 Å². The third kappa shape index (κ3) is 29.1. The van der Waals surface area contributed by atoms with E-state index in [9.17, 15) is 61.0 Å². The molecule has 0 aromatic heterocycles. The lowest BCUT2D eigenvalue weighted by atomic mass is 9.96. The minimum Gasteiger partial charge on any atom is -0.394 e. The number of aliphatic hydroxyl groups excluding tert-OH is 11. The molecule has 3 rings (SSSR count). The van der Waals surface area contributed by atoms with Crippen molar-refractivity contribution in [1.82, 2.24) is 5.32 Å². The van der Waals surface area contributed by atoms with E-state index in [0.717, 1.165) is 103 Å². The molecule has 0 saturated carbocycles. The van der Waals surface area contributed by atoms with E-state index in [0.29, 0.717) is 12.8 Å². The molecule has 0 aromatic carbocycles. The van der Waals surface area contributed by atoms with Gasteiger partial charge in [-0.3, -0.25) is 4.79 Å². The molecule has 0 aliphatic carbocycles. The van der Waals surface area contributed by atoms with Crippen LogP contribution in [0.5, 0.6) is 0 Å². The van der Waals surface area contributed by atoms with Crippen LogP contribution in [0.2, 0.25) is 0 Å². The summed E-state index contributed by atoms with van der Waals surface area (Å²) in [6.45, 7) is 1.38. The van der Waals surface area contributed by atoms with Crippen molar-refractivity contribution in [1.29, 1.82) is 0 Å². The molecule has 0 radical (unpaired) electrons. The van der Waals surface area contributed by atoms with Gasteiger partial charge in [-0.2, -0.15) is 0 Å². The Morgan fingerprint density at radius 3 is 1.27 bits per heavy atom. The molecule has 476 valence electrons. The number of hydrogen-bond donors (Lipinski definition) is 12. The maximum atomic E-state index is 13.3. The molecule has 17 atom stereocenters. The van der Waals surface area contributed by atoms with Crippen molar-refractivity contribution in [3.05, 3.63) is 134 Å². The first kappa shape index (κ1) is 74.2. The standard InChI is InChI=1S/C65H103NO18/c1-3-5-7-9-11-13-15-16-17-18-19-20-21-22-23-24-25-26-27-28-29-30-31-32-33-35-37-39-41-43-53(71)66-48(49(70)42-40-38-36-34-14-12-10-8-6-4-2)47-79-63-59(77)56(74)61(51(45-68)81-63)84-65-60(78)57(75)62(52(46-69)82-65)83-64-58(76)55(73)54(72)50(44-67)80-64/h5-8,11,13-14,16-17,19-20,22-23,25-26,28-29,31-32,34,40,42,48-52,54-65,67-70,72-78H,3-4,9-10,12,15,18,21,24,27,30,33,35-39,41,43-47H2,1-2H3,(H,66,71)/b7-5-,8-6+,13-11-,17-16-,20-19-,23-22-,26-25-,29-28-,32-31-,34-14+,42-40+. The average Bonchev–Trinajstić information content (AvgIpc) is 2.80. The monoisotopic (exact) mass is 1190 g/mol. The van der Waals surface area contributed by atoms with Crippen LogP contribution in [0.3, 0.4) is 0 Å². The van der Waals surface area contributed by atoms with Gasteiger partial charge in [0.1, 0.15) is 73.2 Å². The highest BCUT2D eigenvalue weighted by Gasteiger charge is 2.53. The molecular formula is C65H103NO18. The number of aliphatic hydroxyl groups is 11. The van der Waals surface area contributed by atoms with Gasteiger partial charge in [-0.05, 0) is 103 Å². The van der Waals surface area contributed by atoms with E-state index in [2.05, 4.69) is 141 Å². The summed E-state index contributed by atoms with van der Waals surface area (Å²) in [4.78, 5) is 13.3. The minimum absolute atomic E-state index is 0.191. The van der Waals surface area contributed by atoms with Crippen molar-refractivity contribution in [3.8, 4) is 0 Å². The molecule has 0 spiro atoms. The van der Waals surface area contributed by atoms with Crippen LogP contribution < -0.4 is 5.32 Å². The molecule has 1 amide bonds. The molecule has 17 unspecified atom stereocenters. The van der Waals surface area contributed by atoms with Crippen LogP contribution in [0.15, 0.2) is 134 Å². The summed E-state index contributed by atoms with van der Waals surface area (Å²) < 4.78 is 34.1. The fourth-order valence-electron chi connectivity index (χ4n) is 9.24. The predicted molar refractivity (Wildman–Crippen MR) is 323 cm³/mol. The lowest BCUT2D eigenvalue weighted by molar-refractivity contribution is -0.379. The summed E-state index contributed by atoms with van der Waals surface area (Å²) >= 11 is 0. The third-order valence-corrected chi connectivity index (χ3v) is 14.2. The molecule has 3 aliphatic heterocycles. The molecule has 3 saturated heterocycles. The van der Waals surface area contributed by atoms with Gasteiger partial charge in [0.05, 0.1) is 38.6 Å². The second-order valence-electron chi connectivity index (χ2n) is 21.0. The number of carbonyl (C=O) groups excluding carboxylic acids is 1. The van der Waals surface area contributed by atoms with Crippen molar-refractivity contribution in [3.63, 3.8) is 0 Å². The highest BCUT2D eigenvalue weighted by atomic mass is 16.8. The summed E-state index contributed by atoms with van der Waals surface area (Å²) in [5, 5.41) is 120. The van der Waals surface area contributed by atoms with Crippen molar-refractivity contribution in [2.75, 3.05) is 26.4 Å². The average molecular weight is 1190 g/mol. The van der Waals surface area contributed by atoms with Crippen LogP contribution in [0.25, 0.3) is 0 Å². The second kappa shape index (κ2) is 46.1. The summed E-state index contributed by atoms with van der Waals surface area (Å²) in [5.41, 5.74) is 0. The predicted octanol–water partition coefficient (Wildman–Crippen LogP) is 5.87. The Bertz CT molecular complexity index is 2050. The van der Waals surface area contributed by atoms with Crippen molar-refractivity contribution in [2.24, 2.45) is 0 Å². The maximum Gasteiger partial charge on any atom is 0.220 e. The van der Waals surface area contributed by atoms with Crippen LogP contribution in [0, 0.1) is 0 Å². The topological polar surface area (TPSA) is 307 Å². The van der Waals surface area contributed by atoms with Gasteiger partial charge in [0, 0.05) is 6.42 Å². The highest BCUT2D eigenvalue weighted by molar-refractivity contribution is 5.76. The van der Waals surface area contributed by atoms with Gasteiger partial charge < -0.3 is 89.9 Å². The zero-order valence-electron chi connectivity index (χ0n) is 49.6. The summed E-state index contributed by atoms with van der Waals surface area (Å²) in [7, 11) is 0. The largest absolute Gasteiger partial charge is 0.394 e. The molecule has 12 N–H and O–H groups in total. The minimum atomic E-state index is -1.99. The normalized spacial score (nSPS) is 30.1. The van der Waals surface area contributed by atoms with E-state index in [1.807, 2.05) is 0 Å². The molecule has 0 bridgehead atoms. The van der Waals surface area contributed by atoms with Gasteiger partial charge in [0.15, 0.2) is 18.9 Å². The number of rotatable bonds is 42. The van der Waals surface area contributed by atoms with E-state index in [4.69, 9.17) is 28.4 Å². The van der Waals surface area contributed by atoms with Gasteiger partial charge >= 0.3 is 0 Å². The number of allylic oxidation sites excluding steroid dienone is 21. The number of hydrogen-bond acceptors (Lipinski definition) is 18. The Hall–Kier alpha value is -4.07. The Morgan fingerprint density at radius 2 is 0.798 bits per heavy atom. The van der Waals surface area contributed by atoms with Gasteiger partial charge in [-0.1, -0.05) is 160 Å². The third-order valence-electron chi connectivity index (χ3n) is 14.2. The van der Waals surface area contributed by atoms with Crippen LogP contribution in [-0.2, 0) is 33.2 Å². The highest BCUT2D eigenvalue weighted by Crippen LogP contribution is 2.33. The second-order valence-corrected chi connectivity index (χ2v) is 21.0. The van der Waals surface area contributed by atoms with Crippen molar-refractivity contribution >= 4 is 5.91 Å². The smallest absolute Gasteiger partial charge is 0.220 e. The zero-order valence-corrected chi connectivity index (χ0v) is 49.6. The number of carbonyl (C=O) groups is 1. The van der Waals surface area contributed by atoms with Crippen LogP contribution in [0.4, 0.5) is 0 Å². The van der Waals surface area contributed by atoms with Crippen LogP contribution in [0.1, 0.15) is 136 Å². The van der Waals surface area contributed by atoms with Crippen LogP contribution >= 0.6 is 0 Å². The van der Waals surface area contributed by atoms with Crippen molar-refractivity contribution in [2.45, 2.75) is 240 Å². The van der Waals surface area contributed by atoms with Gasteiger partial charge in [-0.15, -0.1) is 0 Å². The lowest BCUT2D eigenvalue weighted by Crippen LogP contribution is -2.66. The Morgan fingerprint density at radius 1 is 0.429 bits per heavy atom. The Kier molecular flexibility index (Phi) is 40.7. The molecule has 0 aromatic rings. The molecule has 19 nitrogen and oxygen atoms in total. The van der Waals surface area contributed by atoms with Crippen molar-refractivity contribution < 1.29 is 89.4 Å². The number of amides is 1. The van der Waals surface area contributed by atoms with E-state index in [1.54, 1.807) is 12.2 Å². The molecule has 3 fully saturated rings. The molecule has 3 aliphatic rings. The van der Waals surface area contributed by atoms with Gasteiger partial charge in [0.25, 0.3) is 0 Å².